The molecule has 2 unspecified atom stereocenters. The molecule has 0 bridgehead atoms. The average molecular weight is 386 g/mol. The van der Waals surface area contributed by atoms with Gasteiger partial charge in [-0.25, -0.2) is 4.79 Å². The quantitative estimate of drug-likeness (QED) is 0.692. The number of aromatic nitrogens is 1. The molecule has 1 saturated heterocycles. The second kappa shape index (κ2) is 7.51. The van der Waals surface area contributed by atoms with E-state index in [1.807, 2.05) is 38.2 Å². The number of benzene rings is 1. The summed E-state index contributed by atoms with van der Waals surface area (Å²) in [6, 6.07) is 5.85. The zero-order valence-corrected chi connectivity index (χ0v) is 17.3. The third-order valence-corrected chi connectivity index (χ3v) is 5.81. The van der Waals surface area contributed by atoms with Gasteiger partial charge in [0.2, 0.25) is 0 Å². The lowest BCUT2D eigenvalue weighted by Crippen LogP contribution is -2.55. The number of carbonyl (C=O) groups excluding carboxylic acids is 1. The van der Waals surface area contributed by atoms with Gasteiger partial charge >= 0.3 is 6.09 Å². The van der Waals surface area contributed by atoms with Crippen LogP contribution >= 0.6 is 0 Å². The standard InChI is InChI=1S/C22H30N2O4/c1-15(2)7-6-11-21(3)22(4,26)24(20(25)28-21)12-10-16-14-23-19-9-8-17(27-5)13-18(16)19/h7-9,13-14,23,26H,6,10-12H2,1-5H3. The van der Waals surface area contributed by atoms with Crippen LogP contribution in [0.25, 0.3) is 10.9 Å². The molecule has 1 fully saturated rings. The predicted octanol–water partition coefficient (Wildman–Crippen LogP) is 4.38. The van der Waals surface area contributed by atoms with Crippen LogP contribution < -0.4 is 4.74 Å². The number of nitrogens with zero attached hydrogens (tertiary/aromatic N) is 1. The Bertz CT molecular complexity index is 895. The smallest absolute Gasteiger partial charge is 0.412 e. The maximum atomic E-state index is 12.5. The van der Waals surface area contributed by atoms with E-state index in [2.05, 4.69) is 11.1 Å². The van der Waals surface area contributed by atoms with E-state index in [-0.39, 0.29) is 0 Å². The zero-order chi connectivity index (χ0) is 20.5. The van der Waals surface area contributed by atoms with Crippen molar-refractivity contribution in [2.45, 2.75) is 58.3 Å². The van der Waals surface area contributed by atoms with Crippen molar-refractivity contribution in [1.82, 2.24) is 9.88 Å². The van der Waals surface area contributed by atoms with Crippen LogP contribution in [-0.4, -0.2) is 46.1 Å². The maximum Gasteiger partial charge on any atom is 0.412 e. The largest absolute Gasteiger partial charge is 0.497 e. The van der Waals surface area contributed by atoms with Crippen LogP contribution in [0.2, 0.25) is 0 Å². The van der Waals surface area contributed by atoms with Gasteiger partial charge in [0.25, 0.3) is 0 Å². The van der Waals surface area contributed by atoms with Crippen LogP contribution in [0.5, 0.6) is 5.75 Å². The molecule has 1 aromatic carbocycles. The molecule has 2 aromatic rings. The van der Waals surface area contributed by atoms with Crippen molar-refractivity contribution in [2.24, 2.45) is 0 Å². The van der Waals surface area contributed by atoms with Gasteiger partial charge in [0.1, 0.15) is 5.75 Å². The van der Waals surface area contributed by atoms with Crippen molar-refractivity contribution in [1.29, 1.82) is 0 Å². The molecule has 2 atom stereocenters. The topological polar surface area (TPSA) is 74.8 Å². The van der Waals surface area contributed by atoms with E-state index in [9.17, 15) is 9.90 Å². The van der Waals surface area contributed by atoms with Gasteiger partial charge in [0.05, 0.1) is 7.11 Å². The SMILES string of the molecule is COc1ccc2[nH]cc(CCN3C(=O)OC(C)(CCC=C(C)C)C3(C)O)c2c1. The Labute approximate surface area is 166 Å². The van der Waals surface area contributed by atoms with Crippen molar-refractivity contribution in [3.05, 3.63) is 41.6 Å². The summed E-state index contributed by atoms with van der Waals surface area (Å²) < 4.78 is 10.9. The summed E-state index contributed by atoms with van der Waals surface area (Å²) in [7, 11) is 1.64. The van der Waals surface area contributed by atoms with Gasteiger partial charge < -0.3 is 19.6 Å². The Morgan fingerprint density at radius 3 is 2.79 bits per heavy atom. The number of methoxy groups -OCH3 is 1. The molecule has 1 amide bonds. The number of aliphatic hydroxyl groups is 1. The molecule has 6 heteroatoms. The molecule has 1 aliphatic heterocycles. The van der Waals surface area contributed by atoms with Crippen molar-refractivity contribution in [3.8, 4) is 5.75 Å². The third kappa shape index (κ3) is 3.61. The van der Waals surface area contributed by atoms with E-state index in [1.54, 1.807) is 21.0 Å². The Hall–Kier alpha value is -2.47. The predicted molar refractivity (Wildman–Crippen MR) is 109 cm³/mol. The number of carbonyl (C=O) groups is 1. The average Bonchev–Trinajstić information content (AvgIpc) is 3.09. The first-order valence-electron chi connectivity index (χ1n) is 9.68. The van der Waals surface area contributed by atoms with E-state index >= 15 is 0 Å². The van der Waals surface area contributed by atoms with Crippen molar-refractivity contribution < 1.29 is 19.4 Å². The summed E-state index contributed by atoms with van der Waals surface area (Å²) in [5.41, 5.74) is 0.969. The number of H-pyrrole nitrogens is 1. The van der Waals surface area contributed by atoms with Crippen molar-refractivity contribution >= 4 is 17.0 Å². The molecule has 6 nitrogen and oxygen atoms in total. The highest BCUT2D eigenvalue weighted by Crippen LogP contribution is 2.41. The van der Waals surface area contributed by atoms with Crippen LogP contribution in [0, 0.1) is 0 Å². The highest BCUT2D eigenvalue weighted by molar-refractivity contribution is 5.84. The van der Waals surface area contributed by atoms with Crippen LogP contribution in [0.3, 0.4) is 0 Å². The Kier molecular flexibility index (Phi) is 5.44. The number of nitrogens with one attached hydrogen (secondary N) is 1. The normalized spacial score (nSPS) is 24.5. The van der Waals surface area contributed by atoms with E-state index in [1.165, 1.54) is 10.5 Å². The minimum atomic E-state index is -1.37. The van der Waals surface area contributed by atoms with Crippen molar-refractivity contribution in [3.63, 3.8) is 0 Å². The maximum absolute atomic E-state index is 12.5. The van der Waals surface area contributed by atoms with Crippen LogP contribution in [0.4, 0.5) is 4.79 Å². The molecule has 2 N–H and O–H groups in total. The molecular formula is C22H30N2O4. The number of hydrogen-bond donors (Lipinski definition) is 2. The van der Waals surface area contributed by atoms with E-state index in [4.69, 9.17) is 9.47 Å². The zero-order valence-electron chi connectivity index (χ0n) is 17.3. The van der Waals surface area contributed by atoms with Gasteiger partial charge in [0.15, 0.2) is 11.3 Å². The first-order valence-corrected chi connectivity index (χ1v) is 9.68. The first-order chi connectivity index (χ1) is 13.2. The number of ether oxygens (including phenoxy) is 2. The second-order valence-corrected chi connectivity index (χ2v) is 8.07. The lowest BCUT2D eigenvalue weighted by Gasteiger charge is -2.37. The summed E-state index contributed by atoms with van der Waals surface area (Å²) in [4.78, 5) is 17.2. The molecule has 152 valence electrons. The number of cyclic esters (lactones) is 1. The van der Waals surface area contributed by atoms with Crippen LogP contribution in [0.1, 0.15) is 46.1 Å². The molecule has 2 heterocycles. The van der Waals surface area contributed by atoms with Crippen LogP contribution in [0.15, 0.2) is 36.0 Å². The molecule has 0 saturated carbocycles. The van der Waals surface area contributed by atoms with Gasteiger partial charge in [-0.3, -0.25) is 4.90 Å². The fourth-order valence-electron chi connectivity index (χ4n) is 3.76. The monoisotopic (exact) mass is 386 g/mol. The molecule has 0 radical (unpaired) electrons. The molecule has 3 rings (SSSR count). The number of hydrogen-bond acceptors (Lipinski definition) is 4. The lowest BCUT2D eigenvalue weighted by atomic mass is 9.88. The fourth-order valence-corrected chi connectivity index (χ4v) is 3.76. The van der Waals surface area contributed by atoms with Crippen LogP contribution in [-0.2, 0) is 11.2 Å². The number of allylic oxidation sites excluding steroid dienone is 2. The van der Waals surface area contributed by atoms with E-state index < -0.39 is 17.4 Å². The summed E-state index contributed by atoms with van der Waals surface area (Å²) >= 11 is 0. The Balaban J connectivity index is 1.75. The Morgan fingerprint density at radius 1 is 1.36 bits per heavy atom. The number of amides is 1. The van der Waals surface area contributed by atoms with Crippen molar-refractivity contribution in [2.75, 3.05) is 13.7 Å². The van der Waals surface area contributed by atoms with Gasteiger partial charge in [-0.05, 0) is 70.7 Å². The summed E-state index contributed by atoms with van der Waals surface area (Å²) in [5.74, 6) is 0.785. The molecular weight excluding hydrogens is 356 g/mol. The molecule has 1 aliphatic rings. The number of aromatic amines is 1. The lowest BCUT2D eigenvalue weighted by molar-refractivity contribution is -0.138. The minimum Gasteiger partial charge on any atom is -0.497 e. The second-order valence-electron chi connectivity index (χ2n) is 8.07. The van der Waals surface area contributed by atoms with Gasteiger partial charge in [-0.2, -0.15) is 0 Å². The molecule has 1 aromatic heterocycles. The van der Waals surface area contributed by atoms with Gasteiger partial charge in [0, 0.05) is 23.6 Å². The Morgan fingerprint density at radius 2 is 2.11 bits per heavy atom. The highest BCUT2D eigenvalue weighted by Gasteiger charge is 2.58. The molecule has 0 aliphatic carbocycles. The number of fused-ring (bicyclic) bond motifs is 1. The fraction of sp³-hybridized carbons (Fsp3) is 0.500. The van der Waals surface area contributed by atoms with Gasteiger partial charge in [-0.15, -0.1) is 0 Å². The summed E-state index contributed by atoms with van der Waals surface area (Å²) in [5, 5.41) is 12.2. The molecule has 0 spiro atoms. The summed E-state index contributed by atoms with van der Waals surface area (Å²) in [6.07, 6.45) is 5.48. The van der Waals surface area contributed by atoms with Gasteiger partial charge in [-0.1, -0.05) is 11.6 Å². The first kappa shape index (κ1) is 20.3. The third-order valence-electron chi connectivity index (χ3n) is 5.81. The number of rotatable bonds is 7. The van der Waals surface area contributed by atoms with E-state index in [0.717, 1.165) is 28.6 Å². The van der Waals surface area contributed by atoms with E-state index in [0.29, 0.717) is 19.4 Å². The summed E-state index contributed by atoms with van der Waals surface area (Å²) in [6.45, 7) is 7.90. The molecule has 28 heavy (non-hydrogen) atoms. The minimum absolute atomic E-state index is 0.369. The highest BCUT2D eigenvalue weighted by atomic mass is 16.6.